The molecular formula is C25H39N3O4. The lowest BCUT2D eigenvalue weighted by atomic mass is 9.94. The van der Waals surface area contributed by atoms with E-state index in [2.05, 4.69) is 22.3 Å². The van der Waals surface area contributed by atoms with E-state index >= 15 is 0 Å². The minimum Gasteiger partial charge on any atom is -0.497 e. The first kappa shape index (κ1) is 24.4. The molecule has 0 atom stereocenters. The quantitative estimate of drug-likeness (QED) is 0.723. The van der Waals surface area contributed by atoms with Crippen molar-refractivity contribution in [2.45, 2.75) is 58.6 Å². The van der Waals surface area contributed by atoms with Crippen molar-refractivity contribution in [1.29, 1.82) is 0 Å². The highest BCUT2D eigenvalue weighted by atomic mass is 16.6. The monoisotopic (exact) mass is 445 g/mol. The van der Waals surface area contributed by atoms with Crippen LogP contribution in [-0.4, -0.2) is 67.2 Å². The summed E-state index contributed by atoms with van der Waals surface area (Å²) in [4.78, 5) is 29.0. The first-order valence-electron chi connectivity index (χ1n) is 11.8. The van der Waals surface area contributed by atoms with Crippen LogP contribution in [0.3, 0.4) is 0 Å². The largest absolute Gasteiger partial charge is 0.497 e. The van der Waals surface area contributed by atoms with E-state index in [0.29, 0.717) is 31.8 Å². The normalized spacial score (nSPS) is 18.9. The minimum atomic E-state index is -0.491. The van der Waals surface area contributed by atoms with Gasteiger partial charge in [-0.15, -0.1) is 0 Å². The number of carbonyl (C=O) groups excluding carboxylic acids is 2. The van der Waals surface area contributed by atoms with Gasteiger partial charge in [0, 0.05) is 32.1 Å². The Morgan fingerprint density at radius 1 is 1.00 bits per heavy atom. The molecule has 2 aliphatic rings. The van der Waals surface area contributed by atoms with Gasteiger partial charge >= 0.3 is 6.09 Å². The Bertz CT molecular complexity index is 743. The van der Waals surface area contributed by atoms with Gasteiger partial charge in [-0.3, -0.25) is 9.69 Å². The van der Waals surface area contributed by atoms with Gasteiger partial charge in [0.25, 0.3) is 0 Å². The van der Waals surface area contributed by atoms with Crippen molar-refractivity contribution in [3.8, 4) is 5.75 Å². The lowest BCUT2D eigenvalue weighted by Crippen LogP contribution is -2.46. The summed E-state index contributed by atoms with van der Waals surface area (Å²) in [6.45, 7) is 10.6. The summed E-state index contributed by atoms with van der Waals surface area (Å²) >= 11 is 0. The van der Waals surface area contributed by atoms with E-state index < -0.39 is 5.60 Å². The second kappa shape index (κ2) is 11.0. The van der Waals surface area contributed by atoms with Crippen LogP contribution in [0.15, 0.2) is 24.3 Å². The smallest absolute Gasteiger partial charge is 0.410 e. The molecule has 0 unspecified atom stereocenters. The fourth-order valence-electron chi connectivity index (χ4n) is 4.38. The average Bonchev–Trinajstić information content (AvgIpc) is 2.78. The molecule has 178 valence electrons. The second-order valence-corrected chi connectivity index (χ2v) is 10.1. The first-order valence-corrected chi connectivity index (χ1v) is 11.8. The Hall–Kier alpha value is -2.28. The van der Waals surface area contributed by atoms with Crippen LogP contribution in [-0.2, 0) is 16.1 Å². The van der Waals surface area contributed by atoms with Crippen molar-refractivity contribution < 1.29 is 19.1 Å². The van der Waals surface area contributed by atoms with E-state index in [1.807, 2.05) is 32.9 Å². The molecule has 0 bridgehead atoms. The molecule has 1 N–H and O–H groups in total. The van der Waals surface area contributed by atoms with Gasteiger partial charge in [-0.1, -0.05) is 12.1 Å². The van der Waals surface area contributed by atoms with Crippen LogP contribution in [0.4, 0.5) is 4.79 Å². The van der Waals surface area contributed by atoms with Gasteiger partial charge in [-0.2, -0.15) is 0 Å². The van der Waals surface area contributed by atoms with Crippen molar-refractivity contribution in [1.82, 2.24) is 15.1 Å². The summed E-state index contributed by atoms with van der Waals surface area (Å²) < 4.78 is 10.7. The van der Waals surface area contributed by atoms with Crippen molar-refractivity contribution in [2.75, 3.05) is 39.8 Å². The molecule has 2 fully saturated rings. The summed E-state index contributed by atoms with van der Waals surface area (Å²) in [5, 5.41) is 3.18. The topological polar surface area (TPSA) is 71.1 Å². The maximum atomic E-state index is 12.6. The fourth-order valence-corrected chi connectivity index (χ4v) is 4.38. The Labute approximate surface area is 192 Å². The number of methoxy groups -OCH3 is 1. The van der Waals surface area contributed by atoms with Crippen molar-refractivity contribution in [3.63, 3.8) is 0 Å². The molecule has 2 amide bonds. The SMILES string of the molecule is COc1ccc(CN2CCC(CNC(=O)C3CCN(C(=O)OC(C)(C)C)CC3)CC2)cc1. The predicted octanol–water partition coefficient (Wildman–Crippen LogP) is 3.67. The zero-order valence-electron chi connectivity index (χ0n) is 20.1. The third-order valence-corrected chi connectivity index (χ3v) is 6.35. The Morgan fingerprint density at radius 3 is 2.19 bits per heavy atom. The predicted molar refractivity (Wildman–Crippen MR) is 125 cm³/mol. The van der Waals surface area contributed by atoms with E-state index in [9.17, 15) is 9.59 Å². The van der Waals surface area contributed by atoms with E-state index in [1.54, 1.807) is 12.0 Å². The Morgan fingerprint density at radius 2 is 1.62 bits per heavy atom. The highest BCUT2D eigenvalue weighted by Gasteiger charge is 2.30. The molecule has 0 spiro atoms. The van der Waals surface area contributed by atoms with Crippen LogP contribution in [0.1, 0.15) is 52.0 Å². The van der Waals surface area contributed by atoms with Gasteiger partial charge in [0.05, 0.1) is 7.11 Å². The molecule has 7 nitrogen and oxygen atoms in total. The highest BCUT2D eigenvalue weighted by Crippen LogP contribution is 2.22. The lowest BCUT2D eigenvalue weighted by molar-refractivity contribution is -0.126. The van der Waals surface area contributed by atoms with Crippen LogP contribution in [0.5, 0.6) is 5.75 Å². The number of nitrogens with zero attached hydrogens (tertiary/aromatic N) is 2. The summed E-state index contributed by atoms with van der Waals surface area (Å²) in [6, 6.07) is 8.27. The van der Waals surface area contributed by atoms with Gasteiger partial charge in [0.1, 0.15) is 11.4 Å². The summed E-state index contributed by atoms with van der Waals surface area (Å²) in [5.41, 5.74) is 0.811. The van der Waals surface area contributed by atoms with E-state index in [-0.39, 0.29) is 17.9 Å². The summed E-state index contributed by atoms with van der Waals surface area (Å²) in [7, 11) is 1.69. The number of piperidine rings is 2. The van der Waals surface area contributed by atoms with E-state index in [0.717, 1.165) is 44.8 Å². The maximum absolute atomic E-state index is 12.6. The highest BCUT2D eigenvalue weighted by molar-refractivity contribution is 5.79. The van der Waals surface area contributed by atoms with Crippen LogP contribution < -0.4 is 10.1 Å². The Kier molecular flexibility index (Phi) is 8.40. The molecule has 3 rings (SSSR count). The molecule has 0 saturated carbocycles. The first-order chi connectivity index (χ1) is 15.2. The van der Waals surface area contributed by atoms with Gasteiger partial charge < -0.3 is 19.7 Å². The number of rotatable bonds is 6. The molecule has 1 aromatic rings. The molecule has 0 radical (unpaired) electrons. The molecule has 0 aromatic heterocycles. The van der Waals surface area contributed by atoms with Gasteiger partial charge in [-0.25, -0.2) is 4.79 Å². The third-order valence-electron chi connectivity index (χ3n) is 6.35. The molecular weight excluding hydrogens is 406 g/mol. The number of likely N-dealkylation sites (tertiary alicyclic amines) is 2. The number of hydrogen-bond acceptors (Lipinski definition) is 5. The summed E-state index contributed by atoms with van der Waals surface area (Å²) in [5.74, 6) is 1.55. The molecule has 32 heavy (non-hydrogen) atoms. The maximum Gasteiger partial charge on any atom is 0.410 e. The Balaban J connectivity index is 1.32. The molecule has 2 saturated heterocycles. The van der Waals surface area contributed by atoms with Crippen LogP contribution in [0, 0.1) is 11.8 Å². The molecule has 1 aromatic carbocycles. The van der Waals surface area contributed by atoms with Crippen molar-refractivity contribution in [3.05, 3.63) is 29.8 Å². The molecule has 0 aliphatic carbocycles. The molecule has 2 heterocycles. The number of ether oxygens (including phenoxy) is 2. The van der Waals surface area contributed by atoms with Gasteiger partial charge in [0.2, 0.25) is 5.91 Å². The number of amides is 2. The zero-order valence-corrected chi connectivity index (χ0v) is 20.1. The fraction of sp³-hybridized carbons (Fsp3) is 0.680. The standard InChI is InChI=1S/C25H39N3O4/c1-25(2,3)32-24(30)28-15-11-21(12-16-28)23(29)26-17-19-9-13-27(14-10-19)18-20-5-7-22(31-4)8-6-20/h5-8,19,21H,9-18H2,1-4H3,(H,26,29). The second-order valence-electron chi connectivity index (χ2n) is 10.1. The number of nitrogens with one attached hydrogen (secondary N) is 1. The molecule has 7 heteroatoms. The third kappa shape index (κ3) is 7.40. The lowest BCUT2D eigenvalue weighted by Gasteiger charge is -2.34. The van der Waals surface area contributed by atoms with Gasteiger partial charge in [-0.05, 0) is 83.2 Å². The number of hydrogen-bond donors (Lipinski definition) is 1. The zero-order chi connectivity index (χ0) is 23.1. The van der Waals surface area contributed by atoms with Crippen molar-refractivity contribution in [2.24, 2.45) is 11.8 Å². The van der Waals surface area contributed by atoms with E-state index in [1.165, 1.54) is 5.56 Å². The van der Waals surface area contributed by atoms with E-state index in [4.69, 9.17) is 9.47 Å². The number of benzene rings is 1. The average molecular weight is 446 g/mol. The van der Waals surface area contributed by atoms with Crippen molar-refractivity contribution >= 4 is 12.0 Å². The van der Waals surface area contributed by atoms with Crippen LogP contribution in [0.25, 0.3) is 0 Å². The molecule has 2 aliphatic heterocycles. The van der Waals surface area contributed by atoms with Gasteiger partial charge in [0.15, 0.2) is 0 Å². The number of carbonyl (C=O) groups is 2. The summed E-state index contributed by atoms with van der Waals surface area (Å²) in [6.07, 6.45) is 3.33. The minimum absolute atomic E-state index is 0.0103. The van der Waals surface area contributed by atoms with Crippen LogP contribution >= 0.6 is 0 Å². The van der Waals surface area contributed by atoms with Crippen LogP contribution in [0.2, 0.25) is 0 Å².